The van der Waals surface area contributed by atoms with Gasteiger partial charge in [0.05, 0.1) is 17.3 Å². The number of para-hydroxylation sites is 2. The van der Waals surface area contributed by atoms with Crippen LogP contribution in [-0.2, 0) is 4.79 Å². The summed E-state index contributed by atoms with van der Waals surface area (Å²) >= 11 is 0. The SMILES string of the molecule is CC1Oc2c(cccc2C(=O)NC(COc2ccccc2F)C(C)(C)C)NC1=O. The lowest BCUT2D eigenvalue weighted by molar-refractivity contribution is -0.122. The highest BCUT2D eigenvalue weighted by Gasteiger charge is 2.31. The molecule has 0 spiro atoms. The molecule has 2 atom stereocenters. The van der Waals surface area contributed by atoms with E-state index in [0.717, 1.165) is 0 Å². The molecular weight excluding hydrogens is 375 g/mol. The molecule has 0 aromatic heterocycles. The maximum absolute atomic E-state index is 13.9. The van der Waals surface area contributed by atoms with Crippen LogP contribution in [-0.4, -0.2) is 30.6 Å². The van der Waals surface area contributed by atoms with Crippen molar-refractivity contribution >= 4 is 17.5 Å². The predicted octanol–water partition coefficient (Wildman–Crippen LogP) is 3.77. The second kappa shape index (κ2) is 8.11. The van der Waals surface area contributed by atoms with Gasteiger partial charge in [0.15, 0.2) is 23.4 Å². The van der Waals surface area contributed by atoms with Crippen molar-refractivity contribution in [2.75, 3.05) is 11.9 Å². The first-order chi connectivity index (χ1) is 13.7. The Morgan fingerprint density at radius 3 is 2.66 bits per heavy atom. The number of rotatable bonds is 5. The number of benzene rings is 2. The zero-order valence-electron chi connectivity index (χ0n) is 16.9. The van der Waals surface area contributed by atoms with Gasteiger partial charge < -0.3 is 20.1 Å². The molecule has 0 radical (unpaired) electrons. The molecule has 2 aromatic carbocycles. The minimum Gasteiger partial charge on any atom is -0.488 e. The Balaban J connectivity index is 1.79. The first-order valence-corrected chi connectivity index (χ1v) is 9.45. The van der Waals surface area contributed by atoms with Gasteiger partial charge in [-0.25, -0.2) is 4.39 Å². The van der Waals surface area contributed by atoms with E-state index in [9.17, 15) is 14.0 Å². The molecule has 1 aliphatic rings. The highest BCUT2D eigenvalue weighted by molar-refractivity contribution is 6.04. The third-order valence-corrected chi connectivity index (χ3v) is 4.77. The Bertz CT molecular complexity index is 923. The van der Waals surface area contributed by atoms with Crippen molar-refractivity contribution in [2.45, 2.75) is 39.8 Å². The topological polar surface area (TPSA) is 76.7 Å². The van der Waals surface area contributed by atoms with Gasteiger partial charge in [-0.05, 0) is 36.6 Å². The first kappa shape index (κ1) is 20.6. The lowest BCUT2D eigenvalue weighted by atomic mass is 9.87. The van der Waals surface area contributed by atoms with Crippen LogP contribution in [0.1, 0.15) is 38.1 Å². The molecular formula is C22H25FN2O4. The Morgan fingerprint density at radius 2 is 1.97 bits per heavy atom. The van der Waals surface area contributed by atoms with Gasteiger partial charge in [-0.2, -0.15) is 0 Å². The first-order valence-electron chi connectivity index (χ1n) is 9.45. The molecule has 3 rings (SSSR count). The largest absolute Gasteiger partial charge is 0.488 e. The summed E-state index contributed by atoms with van der Waals surface area (Å²) in [4.78, 5) is 24.8. The fraction of sp³-hybridized carbons (Fsp3) is 0.364. The number of hydrogen-bond donors (Lipinski definition) is 2. The molecule has 2 N–H and O–H groups in total. The van der Waals surface area contributed by atoms with E-state index in [2.05, 4.69) is 10.6 Å². The second-order valence-electron chi connectivity index (χ2n) is 8.07. The summed E-state index contributed by atoms with van der Waals surface area (Å²) in [6.45, 7) is 7.60. The van der Waals surface area contributed by atoms with Gasteiger partial charge in [-0.15, -0.1) is 0 Å². The zero-order valence-corrected chi connectivity index (χ0v) is 16.9. The summed E-state index contributed by atoms with van der Waals surface area (Å²) in [6, 6.07) is 10.7. The average Bonchev–Trinajstić information content (AvgIpc) is 2.65. The van der Waals surface area contributed by atoms with Gasteiger partial charge in [-0.3, -0.25) is 9.59 Å². The highest BCUT2D eigenvalue weighted by atomic mass is 19.1. The fourth-order valence-corrected chi connectivity index (χ4v) is 2.88. The van der Waals surface area contributed by atoms with E-state index >= 15 is 0 Å². The van der Waals surface area contributed by atoms with Gasteiger partial charge in [0, 0.05) is 0 Å². The number of halogens is 1. The predicted molar refractivity (Wildman–Crippen MR) is 108 cm³/mol. The molecule has 6 nitrogen and oxygen atoms in total. The number of ether oxygens (including phenoxy) is 2. The maximum Gasteiger partial charge on any atom is 0.265 e. The molecule has 7 heteroatoms. The lowest BCUT2D eigenvalue weighted by Crippen LogP contribution is -2.48. The van der Waals surface area contributed by atoms with E-state index in [1.54, 1.807) is 43.3 Å². The average molecular weight is 400 g/mol. The Kier molecular flexibility index (Phi) is 5.77. The molecule has 29 heavy (non-hydrogen) atoms. The normalized spacial score (nSPS) is 16.9. The van der Waals surface area contributed by atoms with Gasteiger partial charge in [0.1, 0.15) is 6.61 Å². The smallest absolute Gasteiger partial charge is 0.265 e. The lowest BCUT2D eigenvalue weighted by Gasteiger charge is -2.32. The summed E-state index contributed by atoms with van der Waals surface area (Å²) < 4.78 is 25.1. The van der Waals surface area contributed by atoms with E-state index < -0.39 is 18.0 Å². The maximum atomic E-state index is 13.9. The van der Waals surface area contributed by atoms with Crippen LogP contribution in [0.25, 0.3) is 0 Å². The fourth-order valence-electron chi connectivity index (χ4n) is 2.88. The van der Waals surface area contributed by atoms with Crippen LogP contribution in [0.4, 0.5) is 10.1 Å². The van der Waals surface area contributed by atoms with Gasteiger partial charge >= 0.3 is 0 Å². The van der Waals surface area contributed by atoms with Gasteiger partial charge in [0.25, 0.3) is 11.8 Å². The molecule has 2 amide bonds. The summed E-state index contributed by atoms with van der Waals surface area (Å²) in [7, 11) is 0. The van der Waals surface area contributed by atoms with Crippen LogP contribution < -0.4 is 20.1 Å². The molecule has 2 unspecified atom stereocenters. The third-order valence-electron chi connectivity index (χ3n) is 4.77. The molecule has 0 saturated carbocycles. The van der Waals surface area contributed by atoms with Crippen molar-refractivity contribution in [3.63, 3.8) is 0 Å². The number of hydrogen-bond acceptors (Lipinski definition) is 4. The van der Waals surface area contributed by atoms with Crippen molar-refractivity contribution in [1.29, 1.82) is 0 Å². The number of nitrogens with one attached hydrogen (secondary N) is 2. The number of anilines is 1. The molecule has 1 heterocycles. The van der Waals surface area contributed by atoms with E-state index in [1.165, 1.54) is 6.07 Å². The van der Waals surface area contributed by atoms with Crippen molar-refractivity contribution < 1.29 is 23.5 Å². The Morgan fingerprint density at radius 1 is 1.24 bits per heavy atom. The molecule has 2 aromatic rings. The third kappa shape index (κ3) is 4.67. The highest BCUT2D eigenvalue weighted by Crippen LogP contribution is 2.33. The zero-order chi connectivity index (χ0) is 21.2. The van der Waals surface area contributed by atoms with Crippen molar-refractivity contribution in [3.05, 3.63) is 53.8 Å². The van der Waals surface area contributed by atoms with Crippen LogP contribution in [0.5, 0.6) is 11.5 Å². The van der Waals surface area contributed by atoms with Crippen LogP contribution in [0, 0.1) is 11.2 Å². The number of fused-ring (bicyclic) bond motifs is 1. The van der Waals surface area contributed by atoms with E-state index in [1.807, 2.05) is 20.8 Å². The van der Waals surface area contributed by atoms with Crippen LogP contribution in [0.3, 0.4) is 0 Å². The van der Waals surface area contributed by atoms with E-state index in [-0.39, 0.29) is 29.6 Å². The Labute approximate surface area is 169 Å². The summed E-state index contributed by atoms with van der Waals surface area (Å²) in [5.41, 5.74) is 0.420. The molecule has 0 aliphatic carbocycles. The van der Waals surface area contributed by atoms with Crippen LogP contribution >= 0.6 is 0 Å². The van der Waals surface area contributed by atoms with E-state index in [4.69, 9.17) is 9.47 Å². The standard InChI is InChI=1S/C22H25FN2O4/c1-13-20(26)24-16-10-7-8-14(19(16)29-13)21(27)25-18(22(2,3)4)12-28-17-11-6-5-9-15(17)23/h5-11,13,18H,12H2,1-4H3,(H,24,26)(H,25,27). The van der Waals surface area contributed by atoms with Crippen molar-refractivity contribution in [3.8, 4) is 11.5 Å². The summed E-state index contributed by atoms with van der Waals surface area (Å²) in [5, 5.41) is 5.69. The van der Waals surface area contributed by atoms with Crippen molar-refractivity contribution in [1.82, 2.24) is 5.32 Å². The molecule has 0 saturated heterocycles. The van der Waals surface area contributed by atoms with Crippen LogP contribution in [0.15, 0.2) is 42.5 Å². The quantitative estimate of drug-likeness (QED) is 0.801. The van der Waals surface area contributed by atoms with E-state index in [0.29, 0.717) is 17.0 Å². The molecule has 0 fully saturated rings. The molecule has 1 aliphatic heterocycles. The molecule has 154 valence electrons. The summed E-state index contributed by atoms with van der Waals surface area (Å²) in [6.07, 6.45) is -0.695. The van der Waals surface area contributed by atoms with Gasteiger partial charge in [0.2, 0.25) is 0 Å². The minimum absolute atomic E-state index is 0.0964. The monoisotopic (exact) mass is 400 g/mol. The van der Waals surface area contributed by atoms with Crippen LogP contribution in [0.2, 0.25) is 0 Å². The van der Waals surface area contributed by atoms with Crippen molar-refractivity contribution in [2.24, 2.45) is 5.41 Å². The number of carbonyl (C=O) groups excluding carboxylic acids is 2. The number of amides is 2. The van der Waals surface area contributed by atoms with Gasteiger partial charge in [-0.1, -0.05) is 39.0 Å². The molecule has 0 bridgehead atoms. The number of carbonyl (C=O) groups is 2. The second-order valence-corrected chi connectivity index (χ2v) is 8.07. The summed E-state index contributed by atoms with van der Waals surface area (Å²) in [5.74, 6) is -0.613. The minimum atomic E-state index is -0.695. The Hall–Kier alpha value is -3.09.